The molecule has 0 radical (unpaired) electrons. The van der Waals surface area contributed by atoms with E-state index in [4.69, 9.17) is 9.16 Å². The van der Waals surface area contributed by atoms with Crippen molar-refractivity contribution in [3.63, 3.8) is 0 Å². The van der Waals surface area contributed by atoms with Gasteiger partial charge in [-0.1, -0.05) is 20.8 Å². The van der Waals surface area contributed by atoms with Gasteiger partial charge in [0.1, 0.15) is 5.60 Å². The van der Waals surface area contributed by atoms with E-state index in [0.717, 1.165) is 25.9 Å². The van der Waals surface area contributed by atoms with Crippen LogP contribution in [0.25, 0.3) is 0 Å². The third-order valence-electron chi connectivity index (χ3n) is 5.75. The van der Waals surface area contributed by atoms with Gasteiger partial charge in [-0.25, -0.2) is 4.79 Å². The van der Waals surface area contributed by atoms with Crippen molar-refractivity contribution in [3.8, 4) is 0 Å². The molecule has 5 nitrogen and oxygen atoms in total. The second-order valence-electron chi connectivity index (χ2n) is 9.95. The fourth-order valence-corrected chi connectivity index (χ4v) is 4.35. The molecule has 2 atom stereocenters. The van der Waals surface area contributed by atoms with Crippen LogP contribution in [-0.4, -0.2) is 56.2 Å². The van der Waals surface area contributed by atoms with Crippen molar-refractivity contribution in [2.75, 3.05) is 19.7 Å². The largest absolute Gasteiger partial charge is 0.444 e. The van der Waals surface area contributed by atoms with Crippen LogP contribution in [0.2, 0.25) is 18.1 Å². The summed E-state index contributed by atoms with van der Waals surface area (Å²) >= 11 is 0. The Hall–Kier alpha value is -0.593. The lowest BCUT2D eigenvalue weighted by Crippen LogP contribution is -2.65. The van der Waals surface area contributed by atoms with Gasteiger partial charge >= 0.3 is 6.09 Å². The first kappa shape index (κ1) is 19.7. The summed E-state index contributed by atoms with van der Waals surface area (Å²) in [4.78, 5) is 14.8. The van der Waals surface area contributed by atoms with E-state index < -0.39 is 13.9 Å². The SMILES string of the molecule is CC(C)(C)OC(=O)N1C2CCC1(CO[Si](C)(C)C(C)(C)C)CNC2. The van der Waals surface area contributed by atoms with Crippen LogP contribution in [0.15, 0.2) is 0 Å². The van der Waals surface area contributed by atoms with Gasteiger partial charge in [-0.3, -0.25) is 4.90 Å². The van der Waals surface area contributed by atoms with Crippen molar-refractivity contribution in [1.29, 1.82) is 0 Å². The Balaban J connectivity index is 2.17. The van der Waals surface area contributed by atoms with Crippen LogP contribution in [0.3, 0.4) is 0 Å². The fraction of sp³-hybridized carbons (Fsp3) is 0.944. The molecule has 0 spiro atoms. The average Bonchev–Trinajstić information content (AvgIpc) is 2.61. The summed E-state index contributed by atoms with van der Waals surface area (Å²) in [6.45, 7) is 19.3. The standard InChI is InChI=1S/C18H36N2O3Si/c1-16(2,3)23-15(21)20-14-9-10-18(20,12-19-11-14)13-22-24(7,8)17(4,5)6/h14,19H,9-13H2,1-8H3. The average molecular weight is 357 g/mol. The summed E-state index contributed by atoms with van der Waals surface area (Å²) in [5.74, 6) is 0. The molecule has 2 saturated heterocycles. The van der Waals surface area contributed by atoms with Crippen LogP contribution in [-0.2, 0) is 9.16 Å². The number of rotatable bonds is 3. The summed E-state index contributed by atoms with van der Waals surface area (Å²) < 4.78 is 12.2. The van der Waals surface area contributed by atoms with Gasteiger partial charge in [-0.2, -0.15) is 0 Å². The topological polar surface area (TPSA) is 50.8 Å². The second-order valence-corrected chi connectivity index (χ2v) is 14.8. The maximum atomic E-state index is 12.8. The van der Waals surface area contributed by atoms with Gasteiger partial charge in [0, 0.05) is 19.1 Å². The first-order chi connectivity index (χ1) is 10.8. The van der Waals surface area contributed by atoms with Crippen LogP contribution >= 0.6 is 0 Å². The normalized spacial score (nSPS) is 28.2. The summed E-state index contributed by atoms with van der Waals surface area (Å²) in [5, 5.41) is 3.66. The number of ether oxygens (including phenoxy) is 1. The van der Waals surface area contributed by atoms with Gasteiger partial charge in [0.15, 0.2) is 8.32 Å². The molecule has 0 aliphatic carbocycles. The molecule has 1 N–H and O–H groups in total. The van der Waals surface area contributed by atoms with Crippen LogP contribution in [0.1, 0.15) is 54.4 Å². The zero-order chi connectivity index (χ0) is 18.4. The van der Waals surface area contributed by atoms with E-state index in [1.807, 2.05) is 25.7 Å². The first-order valence-corrected chi connectivity index (χ1v) is 12.1. The van der Waals surface area contributed by atoms with E-state index in [2.05, 4.69) is 39.2 Å². The number of piperazine rings is 1. The fourth-order valence-electron chi connectivity index (χ4n) is 3.29. The second kappa shape index (κ2) is 6.29. The minimum Gasteiger partial charge on any atom is -0.444 e. The Morgan fingerprint density at radius 2 is 1.88 bits per heavy atom. The third-order valence-corrected chi connectivity index (χ3v) is 10.2. The summed E-state index contributed by atoms with van der Waals surface area (Å²) in [7, 11) is -1.85. The number of carbonyl (C=O) groups is 1. The predicted octanol–water partition coefficient (Wildman–Crippen LogP) is 3.75. The van der Waals surface area contributed by atoms with Crippen molar-refractivity contribution >= 4 is 14.4 Å². The van der Waals surface area contributed by atoms with Crippen molar-refractivity contribution in [1.82, 2.24) is 10.2 Å². The van der Waals surface area contributed by atoms with Crippen LogP contribution < -0.4 is 5.32 Å². The smallest absolute Gasteiger partial charge is 0.411 e. The molecule has 2 heterocycles. The van der Waals surface area contributed by atoms with Gasteiger partial charge in [-0.05, 0) is 51.7 Å². The molecule has 0 aromatic rings. The first-order valence-electron chi connectivity index (χ1n) is 9.14. The maximum absolute atomic E-state index is 12.8. The quantitative estimate of drug-likeness (QED) is 0.783. The highest BCUT2D eigenvalue weighted by atomic mass is 28.4. The van der Waals surface area contributed by atoms with E-state index >= 15 is 0 Å². The molecule has 2 aliphatic rings. The lowest BCUT2D eigenvalue weighted by atomic mass is 9.97. The molecular weight excluding hydrogens is 320 g/mol. The summed E-state index contributed by atoms with van der Waals surface area (Å²) in [6.07, 6.45) is 1.82. The Bertz CT molecular complexity index is 478. The molecule has 2 bridgehead atoms. The maximum Gasteiger partial charge on any atom is 0.411 e. The lowest BCUT2D eigenvalue weighted by Gasteiger charge is -2.47. The molecule has 6 heteroatoms. The van der Waals surface area contributed by atoms with E-state index in [1.165, 1.54) is 0 Å². The van der Waals surface area contributed by atoms with E-state index in [9.17, 15) is 4.79 Å². The molecule has 1 amide bonds. The van der Waals surface area contributed by atoms with Crippen LogP contribution in [0.4, 0.5) is 4.79 Å². The molecule has 140 valence electrons. The molecule has 0 aromatic heterocycles. The highest BCUT2D eigenvalue weighted by Crippen LogP contribution is 2.41. The van der Waals surface area contributed by atoms with Gasteiger partial charge in [0.2, 0.25) is 0 Å². The number of nitrogens with zero attached hydrogens (tertiary/aromatic N) is 1. The molecule has 2 fully saturated rings. The van der Waals surface area contributed by atoms with Crippen molar-refractivity contribution < 1.29 is 14.0 Å². The molecule has 0 aromatic carbocycles. The number of carbonyl (C=O) groups excluding carboxylic acids is 1. The molecule has 2 aliphatic heterocycles. The molecule has 2 unspecified atom stereocenters. The number of fused-ring (bicyclic) bond motifs is 2. The number of hydrogen-bond donors (Lipinski definition) is 1. The van der Waals surface area contributed by atoms with E-state index in [1.54, 1.807) is 0 Å². The van der Waals surface area contributed by atoms with Gasteiger partial charge in [-0.15, -0.1) is 0 Å². The Morgan fingerprint density at radius 1 is 1.25 bits per heavy atom. The summed E-state index contributed by atoms with van der Waals surface area (Å²) in [6, 6.07) is 0.219. The van der Waals surface area contributed by atoms with E-state index in [-0.39, 0.29) is 22.7 Å². The zero-order valence-corrected chi connectivity index (χ0v) is 17.8. The van der Waals surface area contributed by atoms with Crippen LogP contribution in [0.5, 0.6) is 0 Å². The van der Waals surface area contributed by atoms with E-state index in [0.29, 0.717) is 6.61 Å². The van der Waals surface area contributed by atoms with Crippen LogP contribution in [0, 0.1) is 0 Å². The van der Waals surface area contributed by atoms with Gasteiger partial charge in [0.25, 0.3) is 0 Å². The molecule has 2 rings (SSSR count). The molecular formula is C18H36N2O3Si. The Morgan fingerprint density at radius 3 is 2.42 bits per heavy atom. The molecule has 24 heavy (non-hydrogen) atoms. The van der Waals surface area contributed by atoms with Crippen molar-refractivity contribution in [2.45, 2.75) is 89.7 Å². The number of amides is 1. The highest BCUT2D eigenvalue weighted by molar-refractivity contribution is 6.74. The Labute approximate surface area is 148 Å². The third kappa shape index (κ3) is 3.97. The number of nitrogens with one attached hydrogen (secondary N) is 1. The predicted molar refractivity (Wildman–Crippen MR) is 99.8 cm³/mol. The Kier molecular flexibility index (Phi) is 5.17. The lowest BCUT2D eigenvalue weighted by molar-refractivity contribution is -0.0227. The minimum atomic E-state index is -1.85. The minimum absolute atomic E-state index is 0.167. The monoisotopic (exact) mass is 356 g/mol. The summed E-state index contributed by atoms with van der Waals surface area (Å²) in [5.41, 5.74) is -0.732. The zero-order valence-electron chi connectivity index (χ0n) is 16.8. The van der Waals surface area contributed by atoms with Crippen molar-refractivity contribution in [3.05, 3.63) is 0 Å². The number of hydrogen-bond acceptors (Lipinski definition) is 4. The highest BCUT2D eigenvalue weighted by Gasteiger charge is 2.53. The van der Waals surface area contributed by atoms with Gasteiger partial charge in [0.05, 0.1) is 12.1 Å². The van der Waals surface area contributed by atoms with Crippen molar-refractivity contribution in [2.24, 2.45) is 0 Å². The molecule has 0 saturated carbocycles. The van der Waals surface area contributed by atoms with Gasteiger partial charge < -0.3 is 14.5 Å².